The van der Waals surface area contributed by atoms with Crippen LogP contribution in [0.2, 0.25) is 0 Å². The minimum Gasteiger partial charge on any atom is -0.299 e. The van der Waals surface area contributed by atoms with Gasteiger partial charge in [0.15, 0.2) is 0 Å². The zero-order valence-electron chi connectivity index (χ0n) is 12.2. The van der Waals surface area contributed by atoms with Gasteiger partial charge in [0.2, 0.25) is 0 Å². The largest absolute Gasteiger partial charge is 0.299 e. The quantitative estimate of drug-likeness (QED) is 0.609. The van der Waals surface area contributed by atoms with Gasteiger partial charge in [-0.3, -0.25) is 4.79 Å². The molecule has 0 spiro atoms. The van der Waals surface area contributed by atoms with Crippen molar-refractivity contribution in [2.24, 2.45) is 5.92 Å². The molecule has 0 aliphatic heterocycles. The zero-order chi connectivity index (χ0) is 13.2. The highest BCUT2D eigenvalue weighted by atomic mass is 16.1. The molecule has 0 amide bonds. The number of rotatable bonds is 3. The molecule has 1 heteroatoms. The summed E-state index contributed by atoms with van der Waals surface area (Å²) in [5, 5.41) is 0. The van der Waals surface area contributed by atoms with Gasteiger partial charge in [0.1, 0.15) is 5.78 Å². The molecule has 18 heavy (non-hydrogen) atoms. The molecule has 0 N–H and O–H groups in total. The molecule has 0 aromatic heterocycles. The van der Waals surface area contributed by atoms with E-state index in [1.807, 2.05) is 0 Å². The molecule has 0 saturated heterocycles. The lowest BCUT2D eigenvalue weighted by Crippen LogP contribution is -2.15. The lowest BCUT2D eigenvalue weighted by Gasteiger charge is -2.16. The van der Waals surface area contributed by atoms with E-state index < -0.39 is 0 Å². The topological polar surface area (TPSA) is 17.1 Å². The summed E-state index contributed by atoms with van der Waals surface area (Å²) in [5.74, 6) is 0.845. The van der Waals surface area contributed by atoms with Crippen molar-refractivity contribution in [3.8, 4) is 0 Å². The molecule has 0 bridgehead atoms. The molecule has 1 saturated carbocycles. The second kappa shape index (κ2) is 9.35. The Kier molecular flexibility index (Phi) is 8.04. The van der Waals surface area contributed by atoms with Crippen molar-refractivity contribution >= 4 is 5.78 Å². The second-order valence-corrected chi connectivity index (χ2v) is 6.03. The summed E-state index contributed by atoms with van der Waals surface area (Å²) in [5.41, 5.74) is 1.22. The summed E-state index contributed by atoms with van der Waals surface area (Å²) in [6, 6.07) is 0. The molecule has 0 aromatic rings. The van der Waals surface area contributed by atoms with Crippen LogP contribution in [0.4, 0.5) is 0 Å². The van der Waals surface area contributed by atoms with Crippen molar-refractivity contribution in [1.82, 2.24) is 0 Å². The predicted molar refractivity (Wildman–Crippen MR) is 78.7 cm³/mol. The second-order valence-electron chi connectivity index (χ2n) is 6.03. The van der Waals surface area contributed by atoms with E-state index in [1.165, 1.54) is 50.5 Å². The van der Waals surface area contributed by atoms with Gasteiger partial charge in [-0.1, -0.05) is 50.5 Å². The van der Waals surface area contributed by atoms with Crippen molar-refractivity contribution < 1.29 is 4.79 Å². The molecule has 0 heterocycles. The van der Waals surface area contributed by atoms with Gasteiger partial charge >= 0.3 is 0 Å². The van der Waals surface area contributed by atoms with Crippen molar-refractivity contribution in [3.05, 3.63) is 12.2 Å². The summed E-state index contributed by atoms with van der Waals surface area (Å²) < 4.78 is 0. The van der Waals surface area contributed by atoms with Crippen molar-refractivity contribution in [2.75, 3.05) is 0 Å². The number of hydrogen-bond acceptors (Lipinski definition) is 1. The summed E-state index contributed by atoms with van der Waals surface area (Å²) in [6.07, 6.45) is 14.4. The molecule has 1 fully saturated rings. The molecule has 104 valence electrons. The highest BCUT2D eigenvalue weighted by Gasteiger charge is 2.17. The molecule has 0 aromatic carbocycles. The van der Waals surface area contributed by atoms with Crippen LogP contribution in [-0.2, 0) is 4.79 Å². The van der Waals surface area contributed by atoms with E-state index >= 15 is 0 Å². The lowest BCUT2D eigenvalue weighted by atomic mass is 9.87. The highest BCUT2D eigenvalue weighted by Crippen LogP contribution is 2.23. The van der Waals surface area contributed by atoms with Crippen LogP contribution in [0.3, 0.4) is 0 Å². The first-order valence-corrected chi connectivity index (χ1v) is 7.87. The maximum Gasteiger partial charge on any atom is 0.135 e. The summed E-state index contributed by atoms with van der Waals surface area (Å²) >= 11 is 0. The SMILES string of the molecule is C=C(C)CCC1CCCCCCCCCCC1=O. The van der Waals surface area contributed by atoms with E-state index in [4.69, 9.17) is 0 Å². The van der Waals surface area contributed by atoms with Crippen LogP contribution < -0.4 is 0 Å². The molecule has 1 aliphatic carbocycles. The van der Waals surface area contributed by atoms with E-state index in [-0.39, 0.29) is 0 Å². The molecular formula is C17H30O. The summed E-state index contributed by atoms with van der Waals surface area (Å²) in [4.78, 5) is 12.2. The van der Waals surface area contributed by atoms with Crippen molar-refractivity contribution in [1.29, 1.82) is 0 Å². The van der Waals surface area contributed by atoms with Crippen LogP contribution in [0.15, 0.2) is 12.2 Å². The first-order valence-electron chi connectivity index (χ1n) is 7.87. The van der Waals surface area contributed by atoms with E-state index in [9.17, 15) is 4.79 Å². The average Bonchev–Trinajstić information content (AvgIpc) is 2.32. The van der Waals surface area contributed by atoms with Gasteiger partial charge in [0, 0.05) is 12.3 Å². The predicted octanol–water partition coefficient (Wildman–Crippen LogP) is 5.44. The Balaban J connectivity index is 2.41. The third-order valence-electron chi connectivity index (χ3n) is 4.10. The van der Waals surface area contributed by atoms with Crippen molar-refractivity contribution in [3.63, 3.8) is 0 Å². The normalized spacial score (nSPS) is 24.1. The fourth-order valence-electron chi connectivity index (χ4n) is 2.84. The Hall–Kier alpha value is -0.590. The molecule has 0 radical (unpaired) electrons. The zero-order valence-corrected chi connectivity index (χ0v) is 12.2. The van der Waals surface area contributed by atoms with Crippen LogP contribution in [0.1, 0.15) is 84.0 Å². The number of hydrogen-bond donors (Lipinski definition) is 0. The third-order valence-corrected chi connectivity index (χ3v) is 4.10. The fourth-order valence-corrected chi connectivity index (χ4v) is 2.84. The van der Waals surface area contributed by atoms with E-state index in [0.717, 1.165) is 32.1 Å². The van der Waals surface area contributed by atoms with Gasteiger partial charge in [0.25, 0.3) is 0 Å². The van der Waals surface area contributed by atoms with Gasteiger partial charge in [-0.15, -0.1) is 6.58 Å². The maximum atomic E-state index is 12.2. The van der Waals surface area contributed by atoms with Gasteiger partial charge < -0.3 is 0 Å². The molecule has 1 nitrogen and oxygen atoms in total. The average molecular weight is 250 g/mol. The van der Waals surface area contributed by atoms with Crippen molar-refractivity contribution in [2.45, 2.75) is 84.0 Å². The smallest absolute Gasteiger partial charge is 0.135 e. The molecular weight excluding hydrogens is 220 g/mol. The lowest BCUT2D eigenvalue weighted by molar-refractivity contribution is -0.123. The Morgan fingerprint density at radius 2 is 1.61 bits per heavy atom. The first-order chi connectivity index (χ1) is 8.70. The van der Waals surface area contributed by atoms with Gasteiger partial charge in [-0.2, -0.15) is 0 Å². The van der Waals surface area contributed by atoms with Gasteiger partial charge in [-0.05, 0) is 32.6 Å². The van der Waals surface area contributed by atoms with Crippen LogP contribution in [-0.4, -0.2) is 5.78 Å². The first kappa shape index (κ1) is 15.5. The van der Waals surface area contributed by atoms with E-state index in [2.05, 4.69) is 13.5 Å². The standard InChI is InChI=1S/C17H30O/c1-15(2)13-14-16-11-9-7-5-3-4-6-8-10-12-17(16)18/h16H,1,3-14H2,2H3. The van der Waals surface area contributed by atoms with Gasteiger partial charge in [-0.25, -0.2) is 0 Å². The van der Waals surface area contributed by atoms with E-state index in [1.54, 1.807) is 0 Å². The third kappa shape index (κ3) is 6.98. The Bertz CT molecular complexity index is 254. The van der Waals surface area contributed by atoms with Crippen LogP contribution in [0, 0.1) is 5.92 Å². The molecule has 1 rings (SSSR count). The monoisotopic (exact) mass is 250 g/mol. The minimum atomic E-state index is 0.320. The number of allylic oxidation sites excluding steroid dienone is 1. The molecule has 1 unspecified atom stereocenters. The number of ketones is 1. The fraction of sp³-hybridized carbons (Fsp3) is 0.824. The Morgan fingerprint density at radius 3 is 2.22 bits per heavy atom. The van der Waals surface area contributed by atoms with E-state index in [0.29, 0.717) is 11.7 Å². The number of carbonyl (C=O) groups is 1. The van der Waals surface area contributed by atoms with Crippen LogP contribution in [0.5, 0.6) is 0 Å². The van der Waals surface area contributed by atoms with Crippen LogP contribution >= 0.6 is 0 Å². The molecule has 1 atom stereocenters. The summed E-state index contributed by atoms with van der Waals surface area (Å²) in [6.45, 7) is 6.03. The number of carbonyl (C=O) groups excluding carboxylic acids is 1. The summed E-state index contributed by atoms with van der Waals surface area (Å²) in [7, 11) is 0. The maximum absolute atomic E-state index is 12.2. The minimum absolute atomic E-state index is 0.320. The Morgan fingerprint density at radius 1 is 1.06 bits per heavy atom. The highest BCUT2D eigenvalue weighted by molar-refractivity contribution is 5.80. The Labute approximate surface area is 113 Å². The molecule has 1 aliphatic rings. The number of Topliss-reactive ketones (excluding diaryl/α,β-unsaturated/α-hetero) is 1. The van der Waals surface area contributed by atoms with Crippen LogP contribution in [0.25, 0.3) is 0 Å². The van der Waals surface area contributed by atoms with Gasteiger partial charge in [0.05, 0.1) is 0 Å².